The van der Waals surface area contributed by atoms with Crippen molar-refractivity contribution in [3.63, 3.8) is 0 Å². The van der Waals surface area contributed by atoms with Crippen molar-refractivity contribution in [2.24, 2.45) is 0 Å². The lowest BCUT2D eigenvalue weighted by molar-refractivity contribution is -0.139. The first-order valence-electron chi connectivity index (χ1n) is 5.23. The van der Waals surface area contributed by atoms with Crippen LogP contribution in [0.25, 0.3) is 0 Å². The fourth-order valence-electron chi connectivity index (χ4n) is 1.79. The molecule has 1 aliphatic heterocycles. The summed E-state index contributed by atoms with van der Waals surface area (Å²) in [5.41, 5.74) is 0. The fraction of sp³-hybridized carbons (Fsp3) is 0.636. The molecule has 2 rings (SSSR count). The molecule has 0 aromatic carbocycles. The maximum Gasteiger partial charge on any atom is 0.247 e. The van der Waals surface area contributed by atoms with Crippen molar-refractivity contribution < 1.29 is 9.59 Å². The summed E-state index contributed by atoms with van der Waals surface area (Å²) >= 11 is 0. The van der Waals surface area contributed by atoms with E-state index >= 15 is 0 Å². The van der Waals surface area contributed by atoms with Crippen LogP contribution >= 0.6 is 0 Å². The molecular formula is C11H14N2O2. The first-order valence-corrected chi connectivity index (χ1v) is 5.23. The van der Waals surface area contributed by atoms with E-state index in [2.05, 4.69) is 17.2 Å². The Hall–Kier alpha value is -1.34. The molecule has 1 N–H and O–H groups in total. The molecule has 1 saturated carbocycles. The van der Waals surface area contributed by atoms with Gasteiger partial charge in [0.25, 0.3) is 0 Å². The van der Waals surface area contributed by atoms with Gasteiger partial charge in [-0.05, 0) is 19.8 Å². The normalized spacial score (nSPS) is 25.4. The minimum absolute atomic E-state index is 0.0375. The van der Waals surface area contributed by atoms with E-state index in [1.165, 1.54) is 4.90 Å². The average molecular weight is 206 g/mol. The van der Waals surface area contributed by atoms with Crippen LogP contribution in [0.1, 0.15) is 26.2 Å². The molecular weight excluding hydrogens is 192 g/mol. The number of carbonyl (C=O) groups excluding carboxylic acids is 2. The summed E-state index contributed by atoms with van der Waals surface area (Å²) in [6.45, 7) is 2.22. The molecule has 80 valence electrons. The Morgan fingerprint density at radius 2 is 2.20 bits per heavy atom. The minimum atomic E-state index is -0.348. The third-order valence-corrected chi connectivity index (χ3v) is 2.71. The van der Waals surface area contributed by atoms with Gasteiger partial charge in [-0.1, -0.05) is 5.92 Å². The summed E-state index contributed by atoms with van der Waals surface area (Å²) in [4.78, 5) is 24.8. The van der Waals surface area contributed by atoms with Crippen molar-refractivity contribution in [1.29, 1.82) is 0 Å². The lowest BCUT2D eigenvalue weighted by Gasteiger charge is -2.13. The molecule has 2 fully saturated rings. The number of nitrogens with one attached hydrogen (secondary N) is 1. The van der Waals surface area contributed by atoms with E-state index in [1.807, 2.05) is 0 Å². The zero-order valence-electron chi connectivity index (χ0n) is 8.75. The lowest BCUT2D eigenvalue weighted by atomic mass is 10.2. The highest BCUT2D eigenvalue weighted by molar-refractivity contribution is 6.06. The molecule has 2 amide bonds. The van der Waals surface area contributed by atoms with Crippen molar-refractivity contribution in [3.05, 3.63) is 0 Å². The number of nitrogens with zero attached hydrogens (tertiary/aromatic N) is 1. The van der Waals surface area contributed by atoms with Gasteiger partial charge in [-0.15, -0.1) is 5.92 Å². The number of carbonyl (C=O) groups is 2. The number of hydrogen-bond acceptors (Lipinski definition) is 3. The van der Waals surface area contributed by atoms with E-state index in [4.69, 9.17) is 0 Å². The Morgan fingerprint density at radius 1 is 1.47 bits per heavy atom. The van der Waals surface area contributed by atoms with Gasteiger partial charge in [0, 0.05) is 6.04 Å². The van der Waals surface area contributed by atoms with Crippen molar-refractivity contribution >= 4 is 11.8 Å². The van der Waals surface area contributed by atoms with Crippen LogP contribution in [0.4, 0.5) is 0 Å². The van der Waals surface area contributed by atoms with Crippen LogP contribution in [0.5, 0.6) is 0 Å². The highest BCUT2D eigenvalue weighted by Crippen LogP contribution is 2.31. The molecule has 0 spiro atoms. The highest BCUT2D eigenvalue weighted by Gasteiger charge is 2.45. The van der Waals surface area contributed by atoms with Crippen molar-refractivity contribution in [2.75, 3.05) is 6.54 Å². The SMILES string of the molecule is CC#CCNC1CC(=O)N(C2CC2)C1=O. The summed E-state index contributed by atoms with van der Waals surface area (Å²) in [6, 6.07) is -0.159. The van der Waals surface area contributed by atoms with Gasteiger partial charge < -0.3 is 0 Å². The Kier molecular flexibility index (Phi) is 2.74. The fourth-order valence-corrected chi connectivity index (χ4v) is 1.79. The molecule has 1 atom stereocenters. The van der Waals surface area contributed by atoms with Crippen molar-refractivity contribution in [1.82, 2.24) is 10.2 Å². The third kappa shape index (κ3) is 2.02. The van der Waals surface area contributed by atoms with E-state index < -0.39 is 0 Å². The van der Waals surface area contributed by atoms with Gasteiger partial charge in [0.2, 0.25) is 11.8 Å². The Balaban J connectivity index is 1.94. The van der Waals surface area contributed by atoms with Crippen LogP contribution in [0, 0.1) is 11.8 Å². The predicted octanol–water partition coefficient (Wildman–Crippen LogP) is -0.111. The van der Waals surface area contributed by atoms with Crippen LogP contribution in [0.3, 0.4) is 0 Å². The molecule has 0 radical (unpaired) electrons. The lowest BCUT2D eigenvalue weighted by Crippen LogP contribution is -2.39. The summed E-state index contributed by atoms with van der Waals surface area (Å²) in [7, 11) is 0. The zero-order valence-corrected chi connectivity index (χ0v) is 8.75. The average Bonchev–Trinajstić information content (AvgIpc) is 2.97. The molecule has 1 heterocycles. The molecule has 1 unspecified atom stereocenters. The summed E-state index contributed by atoms with van der Waals surface area (Å²) < 4.78 is 0. The molecule has 0 bridgehead atoms. The van der Waals surface area contributed by atoms with E-state index in [9.17, 15) is 9.59 Å². The van der Waals surface area contributed by atoms with Gasteiger partial charge in [-0.25, -0.2) is 0 Å². The summed E-state index contributed by atoms with van der Waals surface area (Å²) in [5, 5.41) is 2.99. The van der Waals surface area contributed by atoms with Gasteiger partial charge >= 0.3 is 0 Å². The van der Waals surface area contributed by atoms with Crippen LogP contribution in [-0.4, -0.2) is 35.3 Å². The second-order valence-electron chi connectivity index (χ2n) is 3.90. The van der Waals surface area contributed by atoms with Gasteiger partial charge in [-0.2, -0.15) is 0 Å². The Morgan fingerprint density at radius 3 is 2.80 bits per heavy atom. The summed E-state index contributed by atoms with van der Waals surface area (Å²) in [5.74, 6) is 5.46. The Labute approximate surface area is 89.0 Å². The molecule has 4 heteroatoms. The summed E-state index contributed by atoms with van der Waals surface area (Å²) in [6.07, 6.45) is 2.23. The first kappa shape index (κ1) is 10.2. The van der Waals surface area contributed by atoms with Crippen molar-refractivity contribution in [3.8, 4) is 11.8 Å². The largest absolute Gasteiger partial charge is 0.295 e. The smallest absolute Gasteiger partial charge is 0.247 e. The molecule has 2 aliphatic rings. The van der Waals surface area contributed by atoms with Gasteiger partial charge in [0.1, 0.15) is 0 Å². The maximum absolute atomic E-state index is 11.8. The minimum Gasteiger partial charge on any atom is -0.295 e. The van der Waals surface area contributed by atoms with Gasteiger partial charge in [0.15, 0.2) is 0 Å². The van der Waals surface area contributed by atoms with Crippen molar-refractivity contribution in [2.45, 2.75) is 38.3 Å². The van der Waals surface area contributed by atoms with E-state index in [0.717, 1.165) is 12.8 Å². The highest BCUT2D eigenvalue weighted by atomic mass is 16.2. The number of imide groups is 1. The quantitative estimate of drug-likeness (QED) is 0.518. The molecule has 0 aromatic rings. The number of hydrogen-bond donors (Lipinski definition) is 1. The van der Waals surface area contributed by atoms with E-state index in [0.29, 0.717) is 13.0 Å². The van der Waals surface area contributed by atoms with Crippen LogP contribution in [-0.2, 0) is 9.59 Å². The molecule has 15 heavy (non-hydrogen) atoms. The molecule has 4 nitrogen and oxygen atoms in total. The molecule has 0 aromatic heterocycles. The monoisotopic (exact) mass is 206 g/mol. The van der Waals surface area contributed by atoms with Gasteiger partial charge in [-0.3, -0.25) is 19.8 Å². The number of likely N-dealkylation sites (tertiary alicyclic amines) is 1. The second kappa shape index (κ2) is 4.03. The third-order valence-electron chi connectivity index (χ3n) is 2.71. The van der Waals surface area contributed by atoms with Gasteiger partial charge in [0.05, 0.1) is 19.0 Å². The Bertz CT molecular complexity index is 349. The predicted molar refractivity (Wildman–Crippen MR) is 54.7 cm³/mol. The van der Waals surface area contributed by atoms with Crippen LogP contribution < -0.4 is 5.32 Å². The standard InChI is InChI=1S/C11H14N2O2/c1-2-3-6-12-9-7-10(14)13(11(9)15)8-4-5-8/h8-9,12H,4-7H2,1H3. The number of rotatable bonds is 3. The second-order valence-corrected chi connectivity index (χ2v) is 3.90. The molecule has 1 saturated heterocycles. The maximum atomic E-state index is 11.8. The van der Waals surface area contributed by atoms with E-state index in [-0.39, 0.29) is 23.9 Å². The van der Waals surface area contributed by atoms with Crippen LogP contribution in [0.2, 0.25) is 0 Å². The van der Waals surface area contributed by atoms with Crippen LogP contribution in [0.15, 0.2) is 0 Å². The van der Waals surface area contributed by atoms with E-state index in [1.54, 1.807) is 6.92 Å². The topological polar surface area (TPSA) is 49.4 Å². The molecule has 1 aliphatic carbocycles. The zero-order chi connectivity index (χ0) is 10.8. The number of amides is 2. The first-order chi connectivity index (χ1) is 7.24.